The van der Waals surface area contributed by atoms with Crippen molar-refractivity contribution in [3.63, 3.8) is 0 Å². The smallest absolute Gasteiger partial charge is 0.354 e. The molecule has 0 aliphatic carbocycles. The van der Waals surface area contributed by atoms with Crippen molar-refractivity contribution in [1.82, 2.24) is 5.32 Å². The lowest BCUT2D eigenvalue weighted by molar-refractivity contribution is -0.223. The van der Waals surface area contributed by atoms with Crippen molar-refractivity contribution in [2.45, 2.75) is 76.1 Å². The van der Waals surface area contributed by atoms with Crippen molar-refractivity contribution in [1.29, 1.82) is 0 Å². The third kappa shape index (κ3) is 4.96. The van der Waals surface area contributed by atoms with Gasteiger partial charge in [0.2, 0.25) is 0 Å². The van der Waals surface area contributed by atoms with E-state index in [9.17, 15) is 13.2 Å². The first-order valence-corrected chi connectivity index (χ1v) is 10.3. The number of halogens is 3. The van der Waals surface area contributed by atoms with Crippen LogP contribution in [0.25, 0.3) is 0 Å². The van der Waals surface area contributed by atoms with Crippen LogP contribution in [0.2, 0.25) is 0 Å². The van der Waals surface area contributed by atoms with Crippen LogP contribution in [0.15, 0.2) is 24.3 Å². The van der Waals surface area contributed by atoms with E-state index in [0.717, 1.165) is 12.1 Å². The summed E-state index contributed by atoms with van der Waals surface area (Å²) in [6, 6.07) is 4.19. The molecular formula is C20H25F3N2O5S. The lowest BCUT2D eigenvalue weighted by atomic mass is 10.0. The van der Waals surface area contributed by atoms with Gasteiger partial charge < -0.3 is 34.3 Å². The average molecular weight is 462 g/mol. The highest BCUT2D eigenvalue weighted by Crippen LogP contribution is 2.40. The van der Waals surface area contributed by atoms with E-state index in [1.165, 1.54) is 12.1 Å². The molecule has 1 unspecified atom stereocenters. The van der Waals surface area contributed by atoms with Crippen LogP contribution in [0, 0.1) is 0 Å². The summed E-state index contributed by atoms with van der Waals surface area (Å²) in [6.07, 6.45) is -6.31. The van der Waals surface area contributed by atoms with Crippen LogP contribution in [0.1, 0.15) is 33.3 Å². The molecular weight excluding hydrogens is 437 g/mol. The monoisotopic (exact) mass is 462 g/mol. The highest BCUT2D eigenvalue weighted by atomic mass is 32.1. The Balaban J connectivity index is 1.46. The maximum atomic E-state index is 12.8. The van der Waals surface area contributed by atoms with Crippen LogP contribution in [-0.2, 0) is 29.9 Å². The highest BCUT2D eigenvalue weighted by Gasteiger charge is 2.58. The Labute approximate surface area is 183 Å². The largest absolute Gasteiger partial charge is 0.416 e. The maximum Gasteiger partial charge on any atom is 0.416 e. The highest BCUT2D eigenvalue weighted by molar-refractivity contribution is 7.80. The van der Waals surface area contributed by atoms with Gasteiger partial charge in [0, 0.05) is 5.69 Å². The Morgan fingerprint density at radius 3 is 2.26 bits per heavy atom. The molecule has 2 N–H and O–H groups in total. The fraction of sp³-hybridized carbons (Fsp3) is 0.650. The lowest BCUT2D eigenvalue weighted by Gasteiger charge is -2.30. The van der Waals surface area contributed by atoms with Gasteiger partial charge >= 0.3 is 6.18 Å². The molecule has 0 bridgehead atoms. The van der Waals surface area contributed by atoms with E-state index in [0.29, 0.717) is 12.3 Å². The van der Waals surface area contributed by atoms with Crippen molar-refractivity contribution in [3.05, 3.63) is 29.8 Å². The predicted octanol–water partition coefficient (Wildman–Crippen LogP) is 3.39. The number of fused-ring (bicyclic) bond motifs is 1. The van der Waals surface area contributed by atoms with Crippen LogP contribution in [0.3, 0.4) is 0 Å². The van der Waals surface area contributed by atoms with Crippen molar-refractivity contribution in [2.75, 3.05) is 11.9 Å². The summed E-state index contributed by atoms with van der Waals surface area (Å²) in [4.78, 5) is 0. The van der Waals surface area contributed by atoms with Crippen molar-refractivity contribution in [3.8, 4) is 0 Å². The Hall–Kier alpha value is -1.50. The second-order valence-electron chi connectivity index (χ2n) is 8.64. The van der Waals surface area contributed by atoms with Crippen LogP contribution in [0.4, 0.5) is 18.9 Å². The SMILES string of the molecule is CC1(C)OCC([C@H]2O[C@@H]3OC(C)(C)O[C@@H]3[C@@H]2NC(=S)Nc2ccc(C(F)(F)F)cc2)O1. The van der Waals surface area contributed by atoms with Crippen molar-refractivity contribution in [2.24, 2.45) is 0 Å². The number of anilines is 1. The van der Waals surface area contributed by atoms with E-state index >= 15 is 0 Å². The molecule has 5 atom stereocenters. The van der Waals surface area contributed by atoms with E-state index in [2.05, 4.69) is 10.6 Å². The molecule has 11 heteroatoms. The molecule has 3 aliphatic rings. The van der Waals surface area contributed by atoms with Gasteiger partial charge in [0.1, 0.15) is 18.3 Å². The summed E-state index contributed by atoms with van der Waals surface area (Å²) in [5.74, 6) is -1.56. The van der Waals surface area contributed by atoms with Gasteiger partial charge in [-0.25, -0.2) is 0 Å². The quantitative estimate of drug-likeness (QED) is 0.663. The molecule has 0 aromatic heterocycles. The van der Waals surface area contributed by atoms with Gasteiger partial charge in [-0.3, -0.25) is 0 Å². The predicted molar refractivity (Wildman–Crippen MR) is 108 cm³/mol. The van der Waals surface area contributed by atoms with Gasteiger partial charge in [0.25, 0.3) is 0 Å². The topological polar surface area (TPSA) is 70.2 Å². The molecule has 3 aliphatic heterocycles. The van der Waals surface area contributed by atoms with Gasteiger partial charge in [-0.05, 0) is 64.2 Å². The summed E-state index contributed by atoms with van der Waals surface area (Å²) in [6.45, 7) is 7.55. The summed E-state index contributed by atoms with van der Waals surface area (Å²) >= 11 is 5.40. The molecule has 1 aromatic carbocycles. The van der Waals surface area contributed by atoms with Crippen LogP contribution < -0.4 is 10.6 Å². The number of rotatable bonds is 3. The molecule has 3 fully saturated rings. The molecule has 0 spiro atoms. The number of benzene rings is 1. The Morgan fingerprint density at radius 1 is 1.00 bits per heavy atom. The zero-order valence-corrected chi connectivity index (χ0v) is 18.3. The molecule has 3 heterocycles. The van der Waals surface area contributed by atoms with Gasteiger partial charge in [-0.2, -0.15) is 13.2 Å². The summed E-state index contributed by atoms with van der Waals surface area (Å²) in [5, 5.41) is 6.29. The van der Waals surface area contributed by atoms with Gasteiger partial charge in [0.15, 0.2) is 23.0 Å². The summed E-state index contributed by atoms with van der Waals surface area (Å²) < 4.78 is 67.9. The van der Waals surface area contributed by atoms with Crippen molar-refractivity contribution >= 4 is 23.0 Å². The minimum absolute atomic E-state index is 0.213. The molecule has 7 nitrogen and oxygen atoms in total. The van der Waals surface area contributed by atoms with E-state index < -0.39 is 47.9 Å². The number of hydrogen-bond donors (Lipinski definition) is 2. The first kappa shape index (κ1) is 22.7. The number of alkyl halides is 3. The third-order valence-electron chi connectivity index (χ3n) is 5.25. The van der Waals surface area contributed by atoms with E-state index in [1.807, 2.05) is 13.8 Å². The normalized spacial score (nSPS) is 33.8. The zero-order chi connectivity index (χ0) is 22.6. The molecule has 4 rings (SSSR count). The zero-order valence-electron chi connectivity index (χ0n) is 17.5. The second kappa shape index (κ2) is 7.82. The molecule has 172 valence electrons. The Kier molecular flexibility index (Phi) is 5.72. The molecule has 3 saturated heterocycles. The molecule has 0 saturated carbocycles. The lowest BCUT2D eigenvalue weighted by Crippen LogP contribution is -2.53. The Bertz CT molecular complexity index is 833. The van der Waals surface area contributed by atoms with Crippen LogP contribution >= 0.6 is 12.2 Å². The van der Waals surface area contributed by atoms with Gasteiger partial charge in [-0.15, -0.1) is 0 Å². The van der Waals surface area contributed by atoms with Crippen molar-refractivity contribution < 1.29 is 36.9 Å². The standard InChI is InChI=1S/C20H25F3N2O5S/c1-18(2)26-9-12(28-18)14-13(15-16(27-14)30-19(3,4)29-15)25-17(31)24-11-7-5-10(6-8-11)20(21,22)23/h5-8,12-16H,9H2,1-4H3,(H2,24,25,31)/t12?,13-,14-,15-,16-/m1/s1. The summed E-state index contributed by atoms with van der Waals surface area (Å²) in [7, 11) is 0. The third-order valence-corrected chi connectivity index (χ3v) is 5.47. The first-order chi connectivity index (χ1) is 14.3. The van der Waals surface area contributed by atoms with Gasteiger partial charge in [0.05, 0.1) is 18.2 Å². The minimum atomic E-state index is -4.40. The number of thiocarbonyl (C=S) groups is 1. The Morgan fingerprint density at radius 2 is 1.68 bits per heavy atom. The van der Waals surface area contributed by atoms with E-state index in [4.69, 9.17) is 35.9 Å². The molecule has 1 aromatic rings. The van der Waals surface area contributed by atoms with Gasteiger partial charge in [-0.1, -0.05) is 0 Å². The molecule has 0 amide bonds. The van der Waals surface area contributed by atoms with Crippen LogP contribution in [-0.4, -0.2) is 53.9 Å². The second-order valence-corrected chi connectivity index (χ2v) is 9.04. The fourth-order valence-electron chi connectivity index (χ4n) is 3.95. The maximum absolute atomic E-state index is 12.8. The molecule has 0 radical (unpaired) electrons. The number of hydrogen-bond acceptors (Lipinski definition) is 6. The van der Waals surface area contributed by atoms with E-state index in [1.54, 1.807) is 13.8 Å². The average Bonchev–Trinajstić information content (AvgIpc) is 3.25. The van der Waals surface area contributed by atoms with E-state index in [-0.39, 0.29) is 11.2 Å². The fourth-order valence-corrected chi connectivity index (χ4v) is 4.21. The summed E-state index contributed by atoms with van der Waals surface area (Å²) in [5.41, 5.74) is -0.313. The first-order valence-electron chi connectivity index (χ1n) is 9.91. The number of ether oxygens (including phenoxy) is 5. The number of nitrogens with one attached hydrogen (secondary N) is 2. The minimum Gasteiger partial charge on any atom is -0.354 e. The molecule has 31 heavy (non-hydrogen) atoms. The van der Waals surface area contributed by atoms with Crippen LogP contribution in [0.5, 0.6) is 0 Å².